The molecule has 0 aromatic rings. The number of ether oxygens (including phenoxy) is 1. The van der Waals surface area contributed by atoms with Gasteiger partial charge in [0.25, 0.3) is 0 Å². The van der Waals surface area contributed by atoms with E-state index in [9.17, 15) is 14.7 Å². The number of esters is 1. The summed E-state index contributed by atoms with van der Waals surface area (Å²) in [6.45, 7) is 2.02. The number of Topliss-reactive ketones (excluding diaryl/α,β-unsaturated/α-hetero) is 1. The predicted octanol–water partition coefficient (Wildman–Crippen LogP) is 0.812. The van der Waals surface area contributed by atoms with Crippen molar-refractivity contribution < 1.29 is 19.4 Å². The second-order valence-corrected chi connectivity index (χ2v) is 3.66. The first-order chi connectivity index (χ1) is 6.63. The molecule has 0 aliphatic carbocycles. The Kier molecular flexibility index (Phi) is 4.07. The number of carbonyl (C=O) groups excluding carboxylic acids is 2. The highest BCUT2D eigenvalue weighted by atomic mass is 16.6. The van der Waals surface area contributed by atoms with Gasteiger partial charge in [-0.25, -0.2) is 0 Å². The van der Waals surface area contributed by atoms with Crippen molar-refractivity contribution in [3.8, 4) is 0 Å². The van der Waals surface area contributed by atoms with Crippen molar-refractivity contribution in [3.63, 3.8) is 0 Å². The highest BCUT2D eigenvalue weighted by Gasteiger charge is 2.31. The summed E-state index contributed by atoms with van der Waals surface area (Å²) in [4.78, 5) is 22.0. The number of cyclic esters (lactones) is 1. The fraction of sp³-hybridized carbons (Fsp3) is 0.800. The molecule has 2 atom stereocenters. The van der Waals surface area contributed by atoms with Gasteiger partial charge in [0, 0.05) is 6.42 Å². The second-order valence-electron chi connectivity index (χ2n) is 3.66. The van der Waals surface area contributed by atoms with Crippen LogP contribution >= 0.6 is 0 Å². The zero-order valence-electron chi connectivity index (χ0n) is 8.36. The van der Waals surface area contributed by atoms with Crippen molar-refractivity contribution in [2.45, 2.75) is 51.2 Å². The molecule has 0 amide bonds. The lowest BCUT2D eigenvalue weighted by Crippen LogP contribution is -2.38. The number of rotatable bonds is 4. The largest absolute Gasteiger partial charge is 0.459 e. The molecule has 14 heavy (non-hydrogen) atoms. The van der Waals surface area contributed by atoms with Crippen LogP contribution in [0.3, 0.4) is 0 Å². The first kappa shape index (κ1) is 11.2. The lowest BCUT2D eigenvalue weighted by Gasteiger charge is -2.25. The van der Waals surface area contributed by atoms with E-state index in [1.54, 1.807) is 0 Å². The van der Waals surface area contributed by atoms with E-state index < -0.39 is 18.2 Å². The van der Waals surface area contributed by atoms with E-state index in [1.165, 1.54) is 0 Å². The first-order valence-electron chi connectivity index (χ1n) is 5.02. The molecule has 1 aliphatic rings. The summed E-state index contributed by atoms with van der Waals surface area (Å²) in [5.74, 6) is -0.649. The van der Waals surface area contributed by atoms with Gasteiger partial charge in [-0.3, -0.25) is 9.59 Å². The van der Waals surface area contributed by atoms with Crippen LogP contribution in [-0.2, 0) is 14.3 Å². The summed E-state index contributed by atoms with van der Waals surface area (Å²) in [5, 5.41) is 9.61. The molecule has 1 N–H and O–H groups in total. The Hall–Kier alpha value is -0.900. The van der Waals surface area contributed by atoms with Crippen LogP contribution in [0.5, 0.6) is 0 Å². The summed E-state index contributed by atoms with van der Waals surface area (Å²) in [5.41, 5.74) is 0. The standard InChI is InChI=1S/C10H16O4/c1-2-3-4-8(12)9-5-7(11)6-10(13)14-9/h8-9,12H,2-6H2,1H3/t8-,9-/m0/s1. The van der Waals surface area contributed by atoms with Gasteiger partial charge in [-0.15, -0.1) is 0 Å². The van der Waals surface area contributed by atoms with Crippen molar-refractivity contribution >= 4 is 11.8 Å². The van der Waals surface area contributed by atoms with E-state index in [0.29, 0.717) is 6.42 Å². The van der Waals surface area contributed by atoms with Gasteiger partial charge < -0.3 is 9.84 Å². The van der Waals surface area contributed by atoms with Crippen LogP contribution in [-0.4, -0.2) is 29.1 Å². The van der Waals surface area contributed by atoms with E-state index >= 15 is 0 Å². The minimum absolute atomic E-state index is 0.137. The molecule has 1 rings (SSSR count). The normalized spacial score (nSPS) is 24.6. The van der Waals surface area contributed by atoms with Gasteiger partial charge >= 0.3 is 5.97 Å². The summed E-state index contributed by atoms with van der Waals surface area (Å²) in [7, 11) is 0. The average molecular weight is 200 g/mol. The summed E-state index contributed by atoms with van der Waals surface area (Å²) in [6.07, 6.45) is 1.16. The number of aliphatic hydroxyl groups excluding tert-OH is 1. The van der Waals surface area contributed by atoms with Gasteiger partial charge in [-0.2, -0.15) is 0 Å². The van der Waals surface area contributed by atoms with Crippen LogP contribution in [0.2, 0.25) is 0 Å². The molecule has 0 saturated carbocycles. The molecule has 1 saturated heterocycles. The Bertz CT molecular complexity index is 208. The molecular formula is C10H16O4. The van der Waals surface area contributed by atoms with Crippen LogP contribution in [0.4, 0.5) is 0 Å². The highest BCUT2D eigenvalue weighted by molar-refractivity contribution is 5.97. The van der Waals surface area contributed by atoms with E-state index in [1.807, 2.05) is 6.92 Å². The topological polar surface area (TPSA) is 63.6 Å². The molecule has 1 aliphatic heterocycles. The third-order valence-corrected chi connectivity index (χ3v) is 2.34. The Labute approximate surface area is 83.2 Å². The molecule has 4 nitrogen and oxygen atoms in total. The Morgan fingerprint density at radius 2 is 2.29 bits per heavy atom. The average Bonchev–Trinajstić information content (AvgIpc) is 2.12. The van der Waals surface area contributed by atoms with Gasteiger partial charge in [0.05, 0.1) is 6.10 Å². The molecule has 0 radical (unpaired) electrons. The van der Waals surface area contributed by atoms with Crippen molar-refractivity contribution in [3.05, 3.63) is 0 Å². The van der Waals surface area contributed by atoms with Crippen LogP contribution in [0.25, 0.3) is 0 Å². The molecule has 4 heteroatoms. The van der Waals surface area contributed by atoms with Crippen LogP contribution in [0, 0.1) is 0 Å². The van der Waals surface area contributed by atoms with Crippen LogP contribution < -0.4 is 0 Å². The summed E-state index contributed by atoms with van der Waals surface area (Å²) in [6, 6.07) is 0. The third kappa shape index (κ3) is 3.10. The number of aliphatic hydroxyl groups is 1. The van der Waals surface area contributed by atoms with Gasteiger partial charge in [-0.05, 0) is 6.42 Å². The zero-order valence-corrected chi connectivity index (χ0v) is 8.36. The maximum absolute atomic E-state index is 11.1. The lowest BCUT2D eigenvalue weighted by molar-refractivity contribution is -0.164. The van der Waals surface area contributed by atoms with Crippen molar-refractivity contribution in [2.75, 3.05) is 0 Å². The molecule has 0 unspecified atom stereocenters. The number of hydrogen-bond acceptors (Lipinski definition) is 4. The Morgan fingerprint density at radius 1 is 1.57 bits per heavy atom. The minimum Gasteiger partial charge on any atom is -0.459 e. The summed E-state index contributed by atoms with van der Waals surface area (Å²) < 4.78 is 4.91. The van der Waals surface area contributed by atoms with Gasteiger partial charge in [0.2, 0.25) is 0 Å². The van der Waals surface area contributed by atoms with E-state index in [0.717, 1.165) is 12.8 Å². The molecule has 1 fully saturated rings. The van der Waals surface area contributed by atoms with Crippen molar-refractivity contribution in [1.29, 1.82) is 0 Å². The molecular weight excluding hydrogens is 184 g/mol. The number of unbranched alkanes of at least 4 members (excludes halogenated alkanes) is 1. The smallest absolute Gasteiger partial charge is 0.313 e. The van der Waals surface area contributed by atoms with Gasteiger partial charge in [-0.1, -0.05) is 19.8 Å². The maximum atomic E-state index is 11.1. The molecule has 80 valence electrons. The fourth-order valence-electron chi connectivity index (χ4n) is 1.52. The monoisotopic (exact) mass is 200 g/mol. The fourth-order valence-corrected chi connectivity index (χ4v) is 1.52. The van der Waals surface area contributed by atoms with Gasteiger partial charge in [0.15, 0.2) is 0 Å². The second kappa shape index (κ2) is 5.10. The van der Waals surface area contributed by atoms with Crippen LogP contribution in [0.1, 0.15) is 39.0 Å². The zero-order chi connectivity index (χ0) is 10.6. The first-order valence-corrected chi connectivity index (χ1v) is 5.02. The van der Waals surface area contributed by atoms with Gasteiger partial charge in [0.1, 0.15) is 18.3 Å². The number of ketones is 1. The Balaban J connectivity index is 2.42. The quantitative estimate of drug-likeness (QED) is 0.539. The van der Waals surface area contributed by atoms with Crippen LogP contribution in [0.15, 0.2) is 0 Å². The van der Waals surface area contributed by atoms with Crippen molar-refractivity contribution in [1.82, 2.24) is 0 Å². The van der Waals surface area contributed by atoms with E-state index in [-0.39, 0.29) is 18.6 Å². The summed E-state index contributed by atoms with van der Waals surface area (Å²) >= 11 is 0. The van der Waals surface area contributed by atoms with E-state index in [2.05, 4.69) is 0 Å². The molecule has 0 aromatic carbocycles. The Morgan fingerprint density at radius 3 is 2.86 bits per heavy atom. The van der Waals surface area contributed by atoms with E-state index in [4.69, 9.17) is 4.74 Å². The molecule has 0 spiro atoms. The maximum Gasteiger partial charge on any atom is 0.313 e. The minimum atomic E-state index is -0.692. The molecule has 0 bridgehead atoms. The predicted molar refractivity (Wildman–Crippen MR) is 49.7 cm³/mol. The lowest BCUT2D eigenvalue weighted by atomic mass is 9.99. The molecule has 0 aromatic heterocycles. The molecule has 1 heterocycles. The third-order valence-electron chi connectivity index (χ3n) is 2.34. The number of hydrogen-bond donors (Lipinski definition) is 1. The number of carbonyl (C=O) groups is 2. The highest BCUT2D eigenvalue weighted by Crippen LogP contribution is 2.17. The SMILES string of the molecule is CCCC[C@H](O)[C@@H]1CC(=O)CC(=O)O1. The van der Waals surface area contributed by atoms with Crippen molar-refractivity contribution in [2.24, 2.45) is 0 Å².